The summed E-state index contributed by atoms with van der Waals surface area (Å²) in [5, 5.41) is 2.94. The first-order valence-electron chi connectivity index (χ1n) is 9.90. The van der Waals surface area contributed by atoms with E-state index in [4.69, 9.17) is 9.47 Å². The number of hydrogen-bond acceptors (Lipinski definition) is 3. The van der Waals surface area contributed by atoms with Crippen molar-refractivity contribution in [2.45, 2.75) is 59.0 Å². The molecule has 0 aliphatic rings. The highest BCUT2D eigenvalue weighted by Crippen LogP contribution is 2.21. The molecule has 2 aromatic rings. The fourth-order valence-electron chi connectivity index (χ4n) is 2.77. The molecule has 0 radical (unpaired) electrons. The monoisotopic (exact) mass is 369 g/mol. The Labute approximate surface area is 162 Å². The Bertz CT molecular complexity index is 714. The number of nitrogens with one attached hydrogen (secondary N) is 1. The SMILES string of the molecule is CCCCCCOc1cccc(NC(=O)C(CC)Oc2ccccc2C)c1. The summed E-state index contributed by atoms with van der Waals surface area (Å²) in [6, 6.07) is 15.3. The van der Waals surface area contributed by atoms with Gasteiger partial charge in [0.15, 0.2) is 6.10 Å². The molecule has 1 amide bonds. The summed E-state index contributed by atoms with van der Waals surface area (Å²) < 4.78 is 11.7. The first-order chi connectivity index (χ1) is 13.1. The molecule has 0 aromatic heterocycles. The number of unbranched alkanes of at least 4 members (excludes halogenated alkanes) is 3. The summed E-state index contributed by atoms with van der Waals surface area (Å²) in [4.78, 5) is 12.6. The molecule has 0 spiro atoms. The van der Waals surface area contributed by atoms with Gasteiger partial charge in [-0.15, -0.1) is 0 Å². The number of aryl methyl sites for hydroxylation is 1. The summed E-state index contributed by atoms with van der Waals surface area (Å²) in [5.41, 5.74) is 1.74. The quantitative estimate of drug-likeness (QED) is 0.513. The van der Waals surface area contributed by atoms with Crippen LogP contribution in [0, 0.1) is 6.92 Å². The Balaban J connectivity index is 1.91. The number of ether oxygens (including phenoxy) is 2. The van der Waals surface area contributed by atoms with Gasteiger partial charge in [0.1, 0.15) is 11.5 Å². The van der Waals surface area contributed by atoms with Crippen LogP contribution in [0.1, 0.15) is 51.5 Å². The minimum Gasteiger partial charge on any atom is -0.494 e. The third-order valence-electron chi connectivity index (χ3n) is 4.39. The molecule has 1 N–H and O–H groups in total. The van der Waals surface area contributed by atoms with Crippen molar-refractivity contribution in [3.05, 3.63) is 54.1 Å². The van der Waals surface area contributed by atoms with E-state index in [0.717, 1.165) is 29.2 Å². The largest absolute Gasteiger partial charge is 0.494 e. The summed E-state index contributed by atoms with van der Waals surface area (Å²) in [6.07, 6.45) is 4.73. The lowest BCUT2D eigenvalue weighted by Crippen LogP contribution is -2.32. The summed E-state index contributed by atoms with van der Waals surface area (Å²) >= 11 is 0. The van der Waals surface area contributed by atoms with Crippen LogP contribution in [0.3, 0.4) is 0 Å². The van der Waals surface area contributed by atoms with E-state index in [0.29, 0.717) is 13.0 Å². The molecule has 4 nitrogen and oxygen atoms in total. The summed E-state index contributed by atoms with van der Waals surface area (Å²) in [5.74, 6) is 1.36. The van der Waals surface area contributed by atoms with Gasteiger partial charge in [-0.3, -0.25) is 4.79 Å². The van der Waals surface area contributed by atoms with Crippen molar-refractivity contribution in [2.24, 2.45) is 0 Å². The molecule has 1 unspecified atom stereocenters. The molecule has 146 valence electrons. The molecule has 27 heavy (non-hydrogen) atoms. The van der Waals surface area contributed by atoms with Gasteiger partial charge < -0.3 is 14.8 Å². The van der Waals surface area contributed by atoms with Crippen LogP contribution in [0.25, 0.3) is 0 Å². The van der Waals surface area contributed by atoms with Gasteiger partial charge in [-0.05, 0) is 43.5 Å². The number of benzene rings is 2. The first-order valence-corrected chi connectivity index (χ1v) is 9.90. The molecule has 1 atom stereocenters. The lowest BCUT2D eigenvalue weighted by molar-refractivity contribution is -0.122. The number of amides is 1. The normalized spacial score (nSPS) is 11.7. The van der Waals surface area contributed by atoms with E-state index in [9.17, 15) is 4.79 Å². The number of carbonyl (C=O) groups is 1. The van der Waals surface area contributed by atoms with Crippen molar-refractivity contribution in [2.75, 3.05) is 11.9 Å². The maximum Gasteiger partial charge on any atom is 0.265 e. The number of para-hydroxylation sites is 1. The average Bonchev–Trinajstić information content (AvgIpc) is 2.67. The predicted molar refractivity (Wildman–Crippen MR) is 111 cm³/mol. The van der Waals surface area contributed by atoms with E-state index < -0.39 is 6.10 Å². The van der Waals surface area contributed by atoms with Gasteiger partial charge in [-0.1, -0.05) is 57.4 Å². The van der Waals surface area contributed by atoms with E-state index in [-0.39, 0.29) is 5.91 Å². The number of carbonyl (C=O) groups excluding carboxylic acids is 1. The fraction of sp³-hybridized carbons (Fsp3) is 0.435. The van der Waals surface area contributed by atoms with Crippen LogP contribution in [-0.4, -0.2) is 18.6 Å². The highest BCUT2D eigenvalue weighted by molar-refractivity contribution is 5.94. The smallest absolute Gasteiger partial charge is 0.265 e. The minimum absolute atomic E-state index is 0.152. The van der Waals surface area contributed by atoms with Crippen molar-refractivity contribution in [3.63, 3.8) is 0 Å². The van der Waals surface area contributed by atoms with Crippen molar-refractivity contribution < 1.29 is 14.3 Å². The summed E-state index contributed by atoms with van der Waals surface area (Å²) in [7, 11) is 0. The van der Waals surface area contributed by atoms with Gasteiger partial charge in [-0.2, -0.15) is 0 Å². The van der Waals surface area contributed by atoms with Crippen LogP contribution in [0.15, 0.2) is 48.5 Å². The van der Waals surface area contributed by atoms with Gasteiger partial charge in [0, 0.05) is 11.8 Å². The average molecular weight is 370 g/mol. The molecule has 0 heterocycles. The number of hydrogen-bond donors (Lipinski definition) is 1. The molecule has 0 fully saturated rings. The van der Waals surface area contributed by atoms with E-state index >= 15 is 0 Å². The van der Waals surface area contributed by atoms with Crippen LogP contribution in [0.2, 0.25) is 0 Å². The Hall–Kier alpha value is -2.49. The zero-order chi connectivity index (χ0) is 19.5. The van der Waals surface area contributed by atoms with E-state index in [1.54, 1.807) is 0 Å². The van der Waals surface area contributed by atoms with E-state index in [1.165, 1.54) is 19.3 Å². The molecule has 4 heteroatoms. The molecular weight excluding hydrogens is 338 g/mol. The Morgan fingerprint density at radius 3 is 2.59 bits per heavy atom. The van der Waals surface area contributed by atoms with Gasteiger partial charge >= 0.3 is 0 Å². The van der Waals surface area contributed by atoms with E-state index in [1.807, 2.05) is 62.4 Å². The predicted octanol–water partition coefficient (Wildman–Crippen LogP) is 5.75. The van der Waals surface area contributed by atoms with E-state index in [2.05, 4.69) is 12.2 Å². The van der Waals surface area contributed by atoms with Crippen LogP contribution < -0.4 is 14.8 Å². The van der Waals surface area contributed by atoms with Crippen molar-refractivity contribution >= 4 is 11.6 Å². The maximum absolute atomic E-state index is 12.6. The lowest BCUT2D eigenvalue weighted by Gasteiger charge is -2.18. The van der Waals surface area contributed by atoms with Crippen molar-refractivity contribution in [1.82, 2.24) is 0 Å². The zero-order valence-electron chi connectivity index (χ0n) is 16.7. The fourth-order valence-corrected chi connectivity index (χ4v) is 2.77. The highest BCUT2D eigenvalue weighted by atomic mass is 16.5. The van der Waals surface area contributed by atoms with Gasteiger partial charge in [0.2, 0.25) is 0 Å². The van der Waals surface area contributed by atoms with Crippen LogP contribution in [-0.2, 0) is 4.79 Å². The molecule has 0 aliphatic carbocycles. The minimum atomic E-state index is -0.537. The molecule has 0 aliphatic heterocycles. The second-order valence-electron chi connectivity index (χ2n) is 6.71. The Morgan fingerprint density at radius 1 is 1.04 bits per heavy atom. The highest BCUT2D eigenvalue weighted by Gasteiger charge is 2.19. The molecule has 0 saturated heterocycles. The zero-order valence-corrected chi connectivity index (χ0v) is 16.7. The Morgan fingerprint density at radius 2 is 1.85 bits per heavy atom. The van der Waals surface area contributed by atoms with Gasteiger partial charge in [-0.25, -0.2) is 0 Å². The van der Waals surface area contributed by atoms with Crippen molar-refractivity contribution in [1.29, 1.82) is 0 Å². The van der Waals surface area contributed by atoms with Crippen LogP contribution >= 0.6 is 0 Å². The number of rotatable bonds is 11. The second-order valence-corrected chi connectivity index (χ2v) is 6.71. The second kappa shape index (κ2) is 11.3. The molecular formula is C23H31NO3. The van der Waals surface area contributed by atoms with Crippen molar-refractivity contribution in [3.8, 4) is 11.5 Å². The third-order valence-corrected chi connectivity index (χ3v) is 4.39. The number of anilines is 1. The molecule has 2 aromatic carbocycles. The van der Waals surface area contributed by atoms with Crippen LogP contribution in [0.4, 0.5) is 5.69 Å². The topological polar surface area (TPSA) is 47.6 Å². The lowest BCUT2D eigenvalue weighted by atomic mass is 10.2. The van der Waals surface area contributed by atoms with Crippen LogP contribution in [0.5, 0.6) is 11.5 Å². The van der Waals surface area contributed by atoms with Gasteiger partial charge in [0.05, 0.1) is 6.61 Å². The third kappa shape index (κ3) is 6.97. The van der Waals surface area contributed by atoms with Gasteiger partial charge in [0.25, 0.3) is 5.91 Å². The summed E-state index contributed by atoms with van der Waals surface area (Å²) in [6.45, 7) is 6.81. The maximum atomic E-state index is 12.6. The molecule has 2 rings (SSSR count). The first kappa shape index (κ1) is 20.8. The molecule has 0 bridgehead atoms. The Kier molecular flexibility index (Phi) is 8.69. The standard InChI is InChI=1S/C23H31NO3/c1-4-6-7-10-16-26-20-14-11-13-19(17-20)24-23(25)21(5-2)27-22-15-9-8-12-18(22)3/h8-9,11-15,17,21H,4-7,10,16H2,1-3H3,(H,24,25). The molecule has 0 saturated carbocycles.